The highest BCUT2D eigenvalue weighted by Crippen LogP contribution is 2.20. The first-order valence-corrected chi connectivity index (χ1v) is 8.18. The molecule has 4 heteroatoms. The van der Waals surface area contributed by atoms with Gasteiger partial charge in [0.05, 0.1) is 6.04 Å². The van der Waals surface area contributed by atoms with Gasteiger partial charge in [-0.3, -0.25) is 4.79 Å². The number of nitrogens with one attached hydrogen (secondary N) is 2. The molecule has 0 aliphatic carbocycles. The monoisotopic (exact) mass is 287 g/mol. The van der Waals surface area contributed by atoms with Crippen LogP contribution in [0.25, 0.3) is 0 Å². The lowest BCUT2D eigenvalue weighted by Gasteiger charge is -2.18. The van der Waals surface area contributed by atoms with Gasteiger partial charge in [0.15, 0.2) is 0 Å². The highest BCUT2D eigenvalue weighted by Gasteiger charge is 2.19. The molecular formula is C17H25N3O. The van der Waals surface area contributed by atoms with Gasteiger partial charge in [-0.2, -0.15) is 0 Å². The summed E-state index contributed by atoms with van der Waals surface area (Å²) in [4.78, 5) is 14.3. The summed E-state index contributed by atoms with van der Waals surface area (Å²) >= 11 is 0. The molecule has 2 N–H and O–H groups in total. The van der Waals surface area contributed by atoms with Crippen LogP contribution in [0.1, 0.15) is 37.7 Å². The second-order valence-electron chi connectivity index (χ2n) is 6.08. The zero-order valence-electron chi connectivity index (χ0n) is 12.6. The summed E-state index contributed by atoms with van der Waals surface area (Å²) in [6, 6.07) is 8.72. The molecule has 0 radical (unpaired) electrons. The zero-order chi connectivity index (χ0) is 14.5. The van der Waals surface area contributed by atoms with E-state index in [1.54, 1.807) is 0 Å². The number of amides is 1. The third-order valence-corrected chi connectivity index (χ3v) is 4.50. The lowest BCUT2D eigenvalue weighted by molar-refractivity contribution is -0.122. The maximum absolute atomic E-state index is 11.9. The van der Waals surface area contributed by atoms with Crippen molar-refractivity contribution in [3.63, 3.8) is 0 Å². The Bertz CT molecular complexity index is 465. The molecule has 1 unspecified atom stereocenters. The van der Waals surface area contributed by atoms with E-state index in [4.69, 9.17) is 0 Å². The molecule has 2 aliphatic rings. The average Bonchev–Trinajstić information content (AvgIpc) is 2.97. The topological polar surface area (TPSA) is 44.4 Å². The van der Waals surface area contributed by atoms with Gasteiger partial charge in [-0.1, -0.05) is 12.1 Å². The van der Waals surface area contributed by atoms with Gasteiger partial charge in [-0.05, 0) is 49.8 Å². The van der Waals surface area contributed by atoms with Crippen LogP contribution in [0.15, 0.2) is 24.3 Å². The molecule has 0 aromatic heterocycles. The summed E-state index contributed by atoms with van der Waals surface area (Å²) in [5.74, 6) is 0.154. The van der Waals surface area contributed by atoms with E-state index in [0.29, 0.717) is 0 Å². The first kappa shape index (κ1) is 14.4. The molecular weight excluding hydrogens is 262 g/mol. The minimum absolute atomic E-state index is 0.0363. The van der Waals surface area contributed by atoms with E-state index in [1.165, 1.54) is 37.2 Å². The van der Waals surface area contributed by atoms with Crippen molar-refractivity contribution < 1.29 is 4.79 Å². The van der Waals surface area contributed by atoms with Gasteiger partial charge in [-0.25, -0.2) is 0 Å². The summed E-state index contributed by atoms with van der Waals surface area (Å²) in [5.41, 5.74) is 2.57. The molecule has 1 atom stereocenters. The van der Waals surface area contributed by atoms with Gasteiger partial charge in [0.1, 0.15) is 0 Å². The third kappa shape index (κ3) is 3.76. The Morgan fingerprint density at radius 1 is 1.10 bits per heavy atom. The minimum Gasteiger partial charge on any atom is -0.372 e. The van der Waals surface area contributed by atoms with Crippen molar-refractivity contribution in [1.82, 2.24) is 10.6 Å². The Morgan fingerprint density at radius 2 is 1.86 bits per heavy atom. The van der Waals surface area contributed by atoms with E-state index < -0.39 is 0 Å². The summed E-state index contributed by atoms with van der Waals surface area (Å²) in [5, 5.41) is 6.36. The molecule has 0 saturated carbocycles. The SMILES string of the molecule is O=C1NCCCCC1NCc1ccc(N2CCCC2)cc1. The van der Waals surface area contributed by atoms with Crippen LogP contribution in [0.5, 0.6) is 0 Å². The van der Waals surface area contributed by atoms with Gasteiger partial charge in [0, 0.05) is 31.9 Å². The molecule has 114 valence electrons. The Balaban J connectivity index is 1.53. The van der Waals surface area contributed by atoms with Gasteiger partial charge in [-0.15, -0.1) is 0 Å². The maximum Gasteiger partial charge on any atom is 0.237 e. The smallest absolute Gasteiger partial charge is 0.237 e. The van der Waals surface area contributed by atoms with Crippen LogP contribution in [0, 0.1) is 0 Å². The Kier molecular flexibility index (Phi) is 4.76. The number of hydrogen-bond donors (Lipinski definition) is 2. The lowest BCUT2D eigenvalue weighted by Crippen LogP contribution is -2.42. The first-order valence-electron chi connectivity index (χ1n) is 8.18. The fraction of sp³-hybridized carbons (Fsp3) is 0.588. The molecule has 0 bridgehead atoms. The minimum atomic E-state index is -0.0363. The predicted molar refractivity (Wildman–Crippen MR) is 85.4 cm³/mol. The van der Waals surface area contributed by atoms with Gasteiger partial charge in [0.2, 0.25) is 5.91 Å². The fourth-order valence-electron chi connectivity index (χ4n) is 3.18. The number of carbonyl (C=O) groups is 1. The summed E-state index contributed by atoms with van der Waals surface area (Å²) < 4.78 is 0. The van der Waals surface area contributed by atoms with E-state index >= 15 is 0 Å². The second kappa shape index (κ2) is 6.94. The molecule has 0 spiro atoms. The van der Waals surface area contributed by atoms with Crippen molar-refractivity contribution in [3.8, 4) is 0 Å². The number of rotatable bonds is 4. The number of nitrogens with zero attached hydrogens (tertiary/aromatic N) is 1. The van der Waals surface area contributed by atoms with Crippen LogP contribution in [0.4, 0.5) is 5.69 Å². The number of hydrogen-bond acceptors (Lipinski definition) is 3. The average molecular weight is 287 g/mol. The van der Waals surface area contributed by atoms with Crippen LogP contribution in [0.3, 0.4) is 0 Å². The maximum atomic E-state index is 11.9. The van der Waals surface area contributed by atoms with Crippen molar-refractivity contribution >= 4 is 11.6 Å². The number of carbonyl (C=O) groups excluding carboxylic acids is 1. The summed E-state index contributed by atoms with van der Waals surface area (Å²) in [7, 11) is 0. The highest BCUT2D eigenvalue weighted by atomic mass is 16.2. The Hall–Kier alpha value is -1.55. The number of benzene rings is 1. The molecule has 2 heterocycles. The summed E-state index contributed by atoms with van der Waals surface area (Å²) in [6.45, 7) is 3.94. The van der Waals surface area contributed by atoms with Crippen LogP contribution < -0.4 is 15.5 Å². The predicted octanol–water partition coefficient (Wildman–Crippen LogP) is 2.05. The molecule has 3 rings (SSSR count). The van der Waals surface area contributed by atoms with Crippen LogP contribution >= 0.6 is 0 Å². The summed E-state index contributed by atoms with van der Waals surface area (Å²) in [6.07, 6.45) is 5.76. The Morgan fingerprint density at radius 3 is 2.62 bits per heavy atom. The highest BCUT2D eigenvalue weighted by molar-refractivity contribution is 5.81. The molecule has 21 heavy (non-hydrogen) atoms. The Labute approximate surface area is 126 Å². The van der Waals surface area contributed by atoms with E-state index in [-0.39, 0.29) is 11.9 Å². The van der Waals surface area contributed by atoms with E-state index in [9.17, 15) is 4.79 Å². The normalized spacial score (nSPS) is 23.0. The van der Waals surface area contributed by atoms with Crippen molar-refractivity contribution in [2.45, 2.75) is 44.7 Å². The van der Waals surface area contributed by atoms with Crippen molar-refractivity contribution in [2.75, 3.05) is 24.5 Å². The van der Waals surface area contributed by atoms with Gasteiger partial charge < -0.3 is 15.5 Å². The third-order valence-electron chi connectivity index (χ3n) is 4.50. The van der Waals surface area contributed by atoms with Crippen LogP contribution in [-0.4, -0.2) is 31.6 Å². The first-order chi connectivity index (χ1) is 10.3. The van der Waals surface area contributed by atoms with E-state index in [1.807, 2.05) is 0 Å². The molecule has 2 saturated heterocycles. The van der Waals surface area contributed by atoms with Crippen molar-refractivity contribution in [3.05, 3.63) is 29.8 Å². The molecule has 2 fully saturated rings. The quantitative estimate of drug-likeness (QED) is 0.891. The molecule has 1 aromatic rings. The van der Waals surface area contributed by atoms with Crippen molar-refractivity contribution in [2.24, 2.45) is 0 Å². The van der Waals surface area contributed by atoms with Crippen LogP contribution in [0.2, 0.25) is 0 Å². The fourth-order valence-corrected chi connectivity index (χ4v) is 3.18. The standard InChI is InChI=1S/C17H25N3O/c21-17-16(5-1-2-10-18-17)19-13-14-6-8-15(9-7-14)20-11-3-4-12-20/h6-9,16,19H,1-5,10-13H2,(H,18,21). The van der Waals surface area contributed by atoms with Crippen molar-refractivity contribution in [1.29, 1.82) is 0 Å². The van der Waals surface area contributed by atoms with E-state index in [2.05, 4.69) is 39.8 Å². The second-order valence-corrected chi connectivity index (χ2v) is 6.08. The van der Waals surface area contributed by atoms with Gasteiger partial charge in [0.25, 0.3) is 0 Å². The molecule has 2 aliphatic heterocycles. The molecule has 4 nitrogen and oxygen atoms in total. The molecule has 1 amide bonds. The largest absolute Gasteiger partial charge is 0.372 e. The zero-order valence-corrected chi connectivity index (χ0v) is 12.6. The number of anilines is 1. The molecule has 1 aromatic carbocycles. The van der Waals surface area contributed by atoms with E-state index in [0.717, 1.165) is 32.4 Å². The van der Waals surface area contributed by atoms with Gasteiger partial charge >= 0.3 is 0 Å². The van der Waals surface area contributed by atoms with Crippen LogP contribution in [-0.2, 0) is 11.3 Å². The lowest BCUT2D eigenvalue weighted by atomic mass is 10.1.